The molecule has 1 amide bonds. The minimum Gasteiger partial charge on any atom is -0.339 e. The fourth-order valence-corrected chi connectivity index (χ4v) is 3.46. The van der Waals surface area contributed by atoms with Crippen molar-refractivity contribution in [1.82, 2.24) is 4.90 Å². The van der Waals surface area contributed by atoms with Crippen molar-refractivity contribution in [3.8, 4) is 0 Å². The smallest absolute Gasteiger partial charge is 0.254 e. The molecule has 0 aliphatic heterocycles. The predicted octanol–water partition coefficient (Wildman–Crippen LogP) is 7.16. The van der Waals surface area contributed by atoms with Gasteiger partial charge in [-0.1, -0.05) is 96.3 Å². The Hall–Kier alpha value is -1.31. The van der Waals surface area contributed by atoms with Gasteiger partial charge in [-0.15, -0.1) is 0 Å². The largest absolute Gasteiger partial charge is 0.339 e. The first kappa shape index (κ1) is 22.7. The third-order valence-corrected chi connectivity index (χ3v) is 5.23. The van der Waals surface area contributed by atoms with Gasteiger partial charge in [-0.05, 0) is 31.4 Å². The number of nitrogens with zero attached hydrogens (tertiary/aromatic N) is 1. The van der Waals surface area contributed by atoms with Gasteiger partial charge < -0.3 is 4.90 Å². The molecule has 148 valence electrons. The highest BCUT2D eigenvalue weighted by molar-refractivity contribution is 5.95. The maximum Gasteiger partial charge on any atom is 0.254 e. The molecule has 1 rings (SSSR count). The standard InChI is InChI=1S/C24H41NO/c1-4-6-8-10-12-16-20-25(21-17-13-11-9-7-5-2)24(26)23-19-15-14-18-22(23)3/h14-15,18-19H,4-13,16-17,20-21H2,1-3H3. The van der Waals surface area contributed by atoms with E-state index in [0.717, 1.165) is 37.1 Å². The van der Waals surface area contributed by atoms with Gasteiger partial charge in [-0.3, -0.25) is 4.79 Å². The molecule has 0 aliphatic carbocycles. The average Bonchev–Trinajstić information content (AvgIpc) is 2.65. The maximum atomic E-state index is 13.0. The molecule has 0 bridgehead atoms. The number of aryl methyl sites for hydroxylation is 1. The van der Waals surface area contributed by atoms with Gasteiger partial charge in [0.2, 0.25) is 0 Å². The monoisotopic (exact) mass is 359 g/mol. The van der Waals surface area contributed by atoms with Crippen molar-refractivity contribution in [2.24, 2.45) is 0 Å². The van der Waals surface area contributed by atoms with E-state index in [1.165, 1.54) is 64.2 Å². The van der Waals surface area contributed by atoms with Crippen LogP contribution in [0.2, 0.25) is 0 Å². The third-order valence-electron chi connectivity index (χ3n) is 5.23. The Balaban J connectivity index is 2.49. The van der Waals surface area contributed by atoms with Crippen LogP contribution in [0, 0.1) is 6.92 Å². The van der Waals surface area contributed by atoms with E-state index < -0.39 is 0 Å². The molecule has 0 radical (unpaired) electrons. The van der Waals surface area contributed by atoms with Crippen LogP contribution in [0.1, 0.15) is 107 Å². The lowest BCUT2D eigenvalue weighted by Crippen LogP contribution is -2.33. The van der Waals surface area contributed by atoms with Crippen LogP contribution < -0.4 is 0 Å². The zero-order valence-electron chi connectivity index (χ0n) is 17.6. The molecular weight excluding hydrogens is 318 g/mol. The normalized spacial score (nSPS) is 10.9. The maximum absolute atomic E-state index is 13.0. The van der Waals surface area contributed by atoms with Crippen LogP contribution in [0.3, 0.4) is 0 Å². The lowest BCUT2D eigenvalue weighted by atomic mass is 10.1. The van der Waals surface area contributed by atoms with Crippen LogP contribution in [0.15, 0.2) is 24.3 Å². The van der Waals surface area contributed by atoms with Crippen LogP contribution in [0.5, 0.6) is 0 Å². The molecule has 1 aromatic carbocycles. The summed E-state index contributed by atoms with van der Waals surface area (Å²) in [4.78, 5) is 15.1. The summed E-state index contributed by atoms with van der Waals surface area (Å²) in [6.07, 6.45) is 15.3. The molecule has 0 spiro atoms. The minimum atomic E-state index is 0.227. The highest BCUT2D eigenvalue weighted by atomic mass is 16.2. The predicted molar refractivity (Wildman–Crippen MR) is 114 cm³/mol. The van der Waals surface area contributed by atoms with Crippen LogP contribution >= 0.6 is 0 Å². The molecular formula is C24H41NO. The van der Waals surface area contributed by atoms with Gasteiger partial charge >= 0.3 is 0 Å². The van der Waals surface area contributed by atoms with Crippen LogP contribution in [0.4, 0.5) is 0 Å². The van der Waals surface area contributed by atoms with Crippen LogP contribution in [-0.2, 0) is 0 Å². The summed E-state index contributed by atoms with van der Waals surface area (Å²) >= 11 is 0. The Morgan fingerprint density at radius 3 is 1.69 bits per heavy atom. The molecule has 0 aliphatic rings. The quantitative estimate of drug-likeness (QED) is 0.304. The average molecular weight is 360 g/mol. The van der Waals surface area contributed by atoms with E-state index in [0.29, 0.717) is 0 Å². The van der Waals surface area contributed by atoms with Crippen molar-refractivity contribution >= 4 is 5.91 Å². The van der Waals surface area contributed by atoms with E-state index in [4.69, 9.17) is 0 Å². The summed E-state index contributed by atoms with van der Waals surface area (Å²) in [6.45, 7) is 8.37. The number of rotatable bonds is 15. The molecule has 0 fully saturated rings. The van der Waals surface area contributed by atoms with Crippen molar-refractivity contribution in [3.63, 3.8) is 0 Å². The van der Waals surface area contributed by atoms with Gasteiger partial charge in [0.05, 0.1) is 0 Å². The zero-order chi connectivity index (χ0) is 19.0. The number of hydrogen-bond acceptors (Lipinski definition) is 1. The first-order valence-corrected chi connectivity index (χ1v) is 11.1. The van der Waals surface area contributed by atoms with Gasteiger partial charge in [0.25, 0.3) is 5.91 Å². The van der Waals surface area contributed by atoms with Crippen LogP contribution in [0.25, 0.3) is 0 Å². The van der Waals surface area contributed by atoms with E-state index >= 15 is 0 Å². The summed E-state index contributed by atoms with van der Waals surface area (Å²) in [5, 5.41) is 0. The number of carbonyl (C=O) groups is 1. The molecule has 0 unspecified atom stereocenters. The molecule has 0 atom stereocenters. The summed E-state index contributed by atoms with van der Waals surface area (Å²) in [5.41, 5.74) is 1.97. The second-order valence-electron chi connectivity index (χ2n) is 7.64. The van der Waals surface area contributed by atoms with E-state index in [-0.39, 0.29) is 5.91 Å². The Morgan fingerprint density at radius 1 is 0.731 bits per heavy atom. The van der Waals surface area contributed by atoms with Crippen molar-refractivity contribution < 1.29 is 4.79 Å². The molecule has 0 heterocycles. The van der Waals surface area contributed by atoms with Crippen molar-refractivity contribution in [2.45, 2.75) is 97.8 Å². The van der Waals surface area contributed by atoms with E-state index in [2.05, 4.69) is 18.7 Å². The third kappa shape index (κ3) is 9.40. The second-order valence-corrected chi connectivity index (χ2v) is 7.64. The Labute approximate surface area is 162 Å². The molecule has 0 saturated heterocycles. The number of amides is 1. The van der Waals surface area contributed by atoms with Gasteiger partial charge in [0.1, 0.15) is 0 Å². The van der Waals surface area contributed by atoms with Gasteiger partial charge in [0, 0.05) is 18.7 Å². The SMILES string of the molecule is CCCCCCCCN(CCCCCCCC)C(=O)c1ccccc1C. The van der Waals surface area contributed by atoms with Gasteiger partial charge in [-0.2, -0.15) is 0 Å². The molecule has 1 aromatic rings. The van der Waals surface area contributed by atoms with E-state index in [9.17, 15) is 4.79 Å². The topological polar surface area (TPSA) is 20.3 Å². The van der Waals surface area contributed by atoms with E-state index in [1.807, 2.05) is 31.2 Å². The Morgan fingerprint density at radius 2 is 1.19 bits per heavy atom. The first-order valence-electron chi connectivity index (χ1n) is 11.1. The van der Waals surface area contributed by atoms with Gasteiger partial charge in [-0.25, -0.2) is 0 Å². The second kappa shape index (κ2) is 14.8. The lowest BCUT2D eigenvalue weighted by Gasteiger charge is -2.24. The highest BCUT2D eigenvalue weighted by Gasteiger charge is 2.16. The molecule has 0 N–H and O–H groups in total. The Bertz CT molecular complexity index is 467. The van der Waals surface area contributed by atoms with Crippen LogP contribution in [-0.4, -0.2) is 23.9 Å². The Kier molecular flexibility index (Phi) is 13.0. The molecule has 2 nitrogen and oxygen atoms in total. The first-order chi connectivity index (χ1) is 12.7. The fraction of sp³-hybridized carbons (Fsp3) is 0.708. The zero-order valence-corrected chi connectivity index (χ0v) is 17.6. The van der Waals surface area contributed by atoms with Crippen molar-refractivity contribution in [1.29, 1.82) is 0 Å². The van der Waals surface area contributed by atoms with Crippen molar-refractivity contribution in [2.75, 3.05) is 13.1 Å². The summed E-state index contributed by atoms with van der Waals surface area (Å²) in [6, 6.07) is 8.01. The molecule has 2 heteroatoms. The molecule has 0 aromatic heterocycles. The summed E-state index contributed by atoms with van der Waals surface area (Å²) < 4.78 is 0. The molecule has 26 heavy (non-hydrogen) atoms. The minimum absolute atomic E-state index is 0.227. The number of unbranched alkanes of at least 4 members (excludes halogenated alkanes) is 10. The van der Waals surface area contributed by atoms with Crippen molar-refractivity contribution in [3.05, 3.63) is 35.4 Å². The number of hydrogen-bond donors (Lipinski definition) is 0. The lowest BCUT2D eigenvalue weighted by molar-refractivity contribution is 0.0748. The number of benzene rings is 1. The summed E-state index contributed by atoms with van der Waals surface area (Å²) in [5.74, 6) is 0.227. The fourth-order valence-electron chi connectivity index (χ4n) is 3.46. The molecule has 0 saturated carbocycles. The van der Waals surface area contributed by atoms with E-state index in [1.54, 1.807) is 0 Å². The highest BCUT2D eigenvalue weighted by Crippen LogP contribution is 2.14. The summed E-state index contributed by atoms with van der Waals surface area (Å²) in [7, 11) is 0. The number of carbonyl (C=O) groups excluding carboxylic acids is 1. The van der Waals surface area contributed by atoms with Gasteiger partial charge in [0.15, 0.2) is 0 Å².